The maximum absolute atomic E-state index is 11.8. The van der Waals surface area contributed by atoms with E-state index in [2.05, 4.69) is 17.6 Å². The molecule has 1 amide bonds. The van der Waals surface area contributed by atoms with Gasteiger partial charge in [0.1, 0.15) is 0 Å². The van der Waals surface area contributed by atoms with E-state index in [1.54, 1.807) is 18.2 Å². The molecular weight excluding hydrogens is 266 g/mol. The van der Waals surface area contributed by atoms with Crippen molar-refractivity contribution in [1.82, 2.24) is 5.32 Å². The lowest BCUT2D eigenvalue weighted by molar-refractivity contribution is 0.0956. The number of amides is 1. The number of benzene rings is 1. The summed E-state index contributed by atoms with van der Waals surface area (Å²) in [5.41, 5.74) is 7.96. The Hall–Kier alpha value is -1.75. The first-order valence-corrected chi connectivity index (χ1v) is 7.64. The molecule has 0 aromatic heterocycles. The molecule has 0 radical (unpaired) electrons. The van der Waals surface area contributed by atoms with E-state index in [1.807, 2.05) is 6.92 Å². The summed E-state index contributed by atoms with van der Waals surface area (Å²) in [4.78, 5) is 11.8. The van der Waals surface area contributed by atoms with E-state index in [-0.39, 0.29) is 12.5 Å². The van der Waals surface area contributed by atoms with Gasteiger partial charge >= 0.3 is 0 Å². The fourth-order valence-electron chi connectivity index (χ4n) is 2.31. The van der Waals surface area contributed by atoms with Crippen molar-refractivity contribution >= 4 is 17.3 Å². The molecule has 0 aliphatic carbocycles. The van der Waals surface area contributed by atoms with Gasteiger partial charge in [-0.2, -0.15) is 0 Å². The molecular formula is C16H27N3O2. The van der Waals surface area contributed by atoms with Crippen LogP contribution in [0.3, 0.4) is 0 Å². The number of rotatable bonds is 9. The lowest BCUT2D eigenvalue weighted by atomic mass is 10.00. The van der Waals surface area contributed by atoms with Gasteiger partial charge in [0, 0.05) is 25.3 Å². The number of aliphatic hydroxyl groups excluding tert-OH is 1. The quantitative estimate of drug-likeness (QED) is 0.526. The third-order valence-corrected chi connectivity index (χ3v) is 3.47. The molecule has 21 heavy (non-hydrogen) atoms. The smallest absolute Gasteiger partial charge is 0.251 e. The van der Waals surface area contributed by atoms with E-state index in [0.717, 1.165) is 31.5 Å². The van der Waals surface area contributed by atoms with Crippen LogP contribution in [-0.2, 0) is 0 Å². The molecule has 5 nitrogen and oxygen atoms in total. The summed E-state index contributed by atoms with van der Waals surface area (Å²) < 4.78 is 0. The molecule has 0 saturated carbocycles. The zero-order valence-electron chi connectivity index (χ0n) is 13.0. The van der Waals surface area contributed by atoms with Crippen LogP contribution in [0.4, 0.5) is 11.4 Å². The van der Waals surface area contributed by atoms with Gasteiger partial charge in [0.05, 0.1) is 11.4 Å². The van der Waals surface area contributed by atoms with Crippen molar-refractivity contribution in [2.24, 2.45) is 5.92 Å². The van der Waals surface area contributed by atoms with Crippen LogP contribution < -0.4 is 16.4 Å². The summed E-state index contributed by atoms with van der Waals surface area (Å²) in [6, 6.07) is 5.25. The van der Waals surface area contributed by atoms with Crippen molar-refractivity contribution < 1.29 is 9.90 Å². The monoisotopic (exact) mass is 293 g/mol. The lowest BCUT2D eigenvalue weighted by Crippen LogP contribution is -2.23. The summed E-state index contributed by atoms with van der Waals surface area (Å²) in [6.07, 6.45) is 2.92. The van der Waals surface area contributed by atoms with Gasteiger partial charge in [0.2, 0.25) is 0 Å². The zero-order chi connectivity index (χ0) is 15.7. The number of aliphatic hydroxyl groups is 1. The van der Waals surface area contributed by atoms with E-state index in [4.69, 9.17) is 10.8 Å². The van der Waals surface area contributed by atoms with Gasteiger partial charge < -0.3 is 21.5 Å². The molecule has 0 aliphatic rings. The highest BCUT2D eigenvalue weighted by Crippen LogP contribution is 2.21. The highest BCUT2D eigenvalue weighted by Gasteiger charge is 2.10. The van der Waals surface area contributed by atoms with Crippen molar-refractivity contribution in [2.45, 2.75) is 33.1 Å². The van der Waals surface area contributed by atoms with Gasteiger partial charge in [-0.05, 0) is 43.9 Å². The predicted octanol–water partition coefficient (Wildman–Crippen LogP) is 2.23. The summed E-state index contributed by atoms with van der Waals surface area (Å²) in [7, 11) is 0. The first-order valence-electron chi connectivity index (χ1n) is 7.64. The molecule has 1 atom stereocenters. The maximum atomic E-state index is 11.8. The standard InChI is InChI=1S/C16H27N3O2/c1-3-5-12(8-9-20)11-19-15-10-13(6-7-14(15)17)16(21)18-4-2/h6-7,10,12,19-20H,3-5,8-9,11,17H2,1-2H3,(H,18,21). The Morgan fingerprint density at radius 3 is 2.71 bits per heavy atom. The molecule has 0 heterocycles. The molecule has 1 rings (SSSR count). The van der Waals surface area contributed by atoms with E-state index >= 15 is 0 Å². The second-order valence-electron chi connectivity index (χ2n) is 5.21. The molecule has 0 spiro atoms. The van der Waals surface area contributed by atoms with Crippen LogP contribution in [0.2, 0.25) is 0 Å². The van der Waals surface area contributed by atoms with Gasteiger partial charge in [-0.25, -0.2) is 0 Å². The maximum Gasteiger partial charge on any atom is 0.251 e. The van der Waals surface area contributed by atoms with Crippen LogP contribution in [0.25, 0.3) is 0 Å². The molecule has 1 unspecified atom stereocenters. The van der Waals surface area contributed by atoms with Crippen LogP contribution in [0.15, 0.2) is 18.2 Å². The number of hydrogen-bond donors (Lipinski definition) is 4. The SMILES string of the molecule is CCCC(CCO)CNc1cc(C(=O)NCC)ccc1N. The highest BCUT2D eigenvalue weighted by molar-refractivity contribution is 5.96. The van der Waals surface area contributed by atoms with Crippen molar-refractivity contribution in [2.75, 3.05) is 30.7 Å². The topological polar surface area (TPSA) is 87.4 Å². The van der Waals surface area contributed by atoms with Crippen LogP contribution in [0.1, 0.15) is 43.5 Å². The normalized spacial score (nSPS) is 12.0. The van der Waals surface area contributed by atoms with Crippen molar-refractivity contribution in [3.05, 3.63) is 23.8 Å². The van der Waals surface area contributed by atoms with Gasteiger partial charge in [-0.3, -0.25) is 4.79 Å². The van der Waals surface area contributed by atoms with E-state index in [1.165, 1.54) is 0 Å². The minimum Gasteiger partial charge on any atom is -0.397 e. The van der Waals surface area contributed by atoms with Crippen molar-refractivity contribution in [3.8, 4) is 0 Å². The first kappa shape index (κ1) is 17.3. The van der Waals surface area contributed by atoms with Gasteiger partial charge in [0.25, 0.3) is 5.91 Å². The second kappa shape index (κ2) is 9.23. The number of carbonyl (C=O) groups excluding carboxylic acids is 1. The van der Waals surface area contributed by atoms with E-state index in [9.17, 15) is 4.79 Å². The van der Waals surface area contributed by atoms with Crippen LogP contribution in [0.5, 0.6) is 0 Å². The van der Waals surface area contributed by atoms with Crippen LogP contribution in [0, 0.1) is 5.92 Å². The molecule has 5 heteroatoms. The molecule has 0 fully saturated rings. The average molecular weight is 293 g/mol. The largest absolute Gasteiger partial charge is 0.397 e. The van der Waals surface area contributed by atoms with Crippen molar-refractivity contribution in [1.29, 1.82) is 0 Å². The Morgan fingerprint density at radius 2 is 2.10 bits per heavy atom. The molecule has 0 saturated heterocycles. The van der Waals surface area contributed by atoms with Gasteiger partial charge in [0.15, 0.2) is 0 Å². The summed E-state index contributed by atoms with van der Waals surface area (Å²) >= 11 is 0. The Kier molecular flexibility index (Phi) is 7.61. The molecule has 118 valence electrons. The number of anilines is 2. The third-order valence-electron chi connectivity index (χ3n) is 3.47. The molecule has 0 aliphatic heterocycles. The summed E-state index contributed by atoms with van der Waals surface area (Å²) in [6.45, 7) is 5.56. The van der Waals surface area contributed by atoms with E-state index in [0.29, 0.717) is 23.7 Å². The predicted molar refractivity (Wildman–Crippen MR) is 87.5 cm³/mol. The van der Waals surface area contributed by atoms with Gasteiger partial charge in [-0.1, -0.05) is 13.3 Å². The third kappa shape index (κ3) is 5.63. The fourth-order valence-corrected chi connectivity index (χ4v) is 2.31. The minimum absolute atomic E-state index is 0.0963. The number of nitrogen functional groups attached to an aromatic ring is 1. The van der Waals surface area contributed by atoms with Crippen LogP contribution >= 0.6 is 0 Å². The fraction of sp³-hybridized carbons (Fsp3) is 0.562. The molecule has 0 bridgehead atoms. The summed E-state index contributed by atoms with van der Waals surface area (Å²) in [5.74, 6) is 0.313. The highest BCUT2D eigenvalue weighted by atomic mass is 16.3. The molecule has 1 aromatic carbocycles. The Bertz CT molecular complexity index is 443. The van der Waals surface area contributed by atoms with Crippen molar-refractivity contribution in [3.63, 3.8) is 0 Å². The van der Waals surface area contributed by atoms with Gasteiger partial charge in [-0.15, -0.1) is 0 Å². The number of nitrogens with one attached hydrogen (secondary N) is 2. The Labute approximate surface area is 126 Å². The Balaban J connectivity index is 2.72. The number of carbonyl (C=O) groups is 1. The summed E-state index contributed by atoms with van der Waals surface area (Å²) in [5, 5.41) is 15.2. The number of nitrogens with two attached hydrogens (primary N) is 1. The minimum atomic E-state index is -0.0963. The molecule has 1 aromatic rings. The second-order valence-corrected chi connectivity index (χ2v) is 5.21. The molecule has 5 N–H and O–H groups in total. The van der Waals surface area contributed by atoms with Crippen LogP contribution in [-0.4, -0.2) is 30.7 Å². The average Bonchev–Trinajstić information content (AvgIpc) is 2.47. The first-order chi connectivity index (χ1) is 10.1. The van der Waals surface area contributed by atoms with E-state index < -0.39 is 0 Å². The zero-order valence-corrected chi connectivity index (χ0v) is 13.0. The lowest BCUT2D eigenvalue weighted by Gasteiger charge is -2.18. The Morgan fingerprint density at radius 1 is 1.33 bits per heavy atom. The number of hydrogen-bond acceptors (Lipinski definition) is 4.